The van der Waals surface area contributed by atoms with Crippen molar-refractivity contribution in [2.45, 2.75) is 19.9 Å². The molecule has 0 saturated heterocycles. The number of nitrogens with one attached hydrogen (secondary N) is 2. The molecule has 1 amide bonds. The summed E-state index contributed by atoms with van der Waals surface area (Å²) in [6.07, 6.45) is 2.20. The second-order valence-electron chi connectivity index (χ2n) is 4.88. The number of carbonyl (C=O) groups excluding carboxylic acids is 1. The van der Waals surface area contributed by atoms with Crippen molar-refractivity contribution in [2.24, 2.45) is 11.7 Å². The predicted molar refractivity (Wildman–Crippen MR) is 85.6 cm³/mol. The van der Waals surface area contributed by atoms with Crippen LogP contribution in [0.5, 0.6) is 0 Å². The molecule has 21 heavy (non-hydrogen) atoms. The number of aromatic amines is 1. The van der Waals surface area contributed by atoms with Gasteiger partial charge >= 0.3 is 0 Å². The lowest BCUT2D eigenvalue weighted by Gasteiger charge is -2.15. The van der Waals surface area contributed by atoms with Gasteiger partial charge in [-0.1, -0.05) is 42.5 Å². The van der Waals surface area contributed by atoms with Gasteiger partial charge in [0, 0.05) is 17.8 Å². The van der Waals surface area contributed by atoms with Gasteiger partial charge in [0.05, 0.1) is 17.1 Å². The average Bonchev–Trinajstić information content (AvgIpc) is 2.88. The van der Waals surface area contributed by atoms with E-state index < -0.39 is 5.92 Å². The van der Waals surface area contributed by atoms with Gasteiger partial charge in [0.25, 0.3) is 0 Å². The molecule has 0 radical (unpaired) electrons. The number of aromatic nitrogens is 2. The minimum atomic E-state index is -0.505. The molecule has 0 fully saturated rings. The fourth-order valence-corrected chi connectivity index (χ4v) is 2.22. The molecular formula is C15H18N4OS. The number of nitrogens with zero attached hydrogens (tertiary/aromatic N) is 1. The van der Waals surface area contributed by atoms with Crippen LogP contribution >= 0.6 is 12.2 Å². The van der Waals surface area contributed by atoms with Crippen molar-refractivity contribution in [2.75, 3.05) is 0 Å². The summed E-state index contributed by atoms with van der Waals surface area (Å²) in [5.41, 5.74) is 8.63. The molecule has 0 bridgehead atoms. The lowest BCUT2D eigenvalue weighted by molar-refractivity contribution is -0.123. The van der Waals surface area contributed by atoms with E-state index in [0.717, 1.165) is 16.8 Å². The van der Waals surface area contributed by atoms with E-state index in [4.69, 9.17) is 18.0 Å². The number of rotatable bonds is 6. The molecule has 2 aromatic rings. The molecule has 0 aliphatic carbocycles. The smallest absolute Gasteiger partial charge is 0.230 e. The third-order valence-corrected chi connectivity index (χ3v) is 3.61. The zero-order valence-corrected chi connectivity index (χ0v) is 12.6. The van der Waals surface area contributed by atoms with Crippen LogP contribution < -0.4 is 11.1 Å². The van der Waals surface area contributed by atoms with Crippen LogP contribution in [-0.4, -0.2) is 21.1 Å². The summed E-state index contributed by atoms with van der Waals surface area (Å²) in [4.78, 5) is 12.5. The SMILES string of the molecule is Cc1[nH]ncc1CNC(=O)C(Cc1ccccc1)C(N)=S. The molecule has 0 saturated carbocycles. The molecule has 1 unspecified atom stereocenters. The lowest BCUT2D eigenvalue weighted by Crippen LogP contribution is -2.38. The third-order valence-electron chi connectivity index (χ3n) is 3.33. The third kappa shape index (κ3) is 4.13. The van der Waals surface area contributed by atoms with E-state index in [1.54, 1.807) is 6.20 Å². The number of amides is 1. The number of H-pyrrole nitrogens is 1. The first-order valence-electron chi connectivity index (χ1n) is 6.67. The molecule has 4 N–H and O–H groups in total. The van der Waals surface area contributed by atoms with Crippen molar-refractivity contribution in [3.63, 3.8) is 0 Å². The summed E-state index contributed by atoms with van der Waals surface area (Å²) < 4.78 is 0. The second-order valence-corrected chi connectivity index (χ2v) is 5.35. The highest BCUT2D eigenvalue weighted by Gasteiger charge is 2.21. The number of benzene rings is 1. The van der Waals surface area contributed by atoms with E-state index in [0.29, 0.717) is 13.0 Å². The van der Waals surface area contributed by atoms with Crippen LogP contribution in [0, 0.1) is 12.8 Å². The van der Waals surface area contributed by atoms with E-state index in [1.807, 2.05) is 37.3 Å². The zero-order valence-electron chi connectivity index (χ0n) is 11.8. The molecule has 1 aromatic heterocycles. The van der Waals surface area contributed by atoms with Crippen LogP contribution in [0.2, 0.25) is 0 Å². The van der Waals surface area contributed by atoms with Gasteiger partial charge in [0.1, 0.15) is 0 Å². The van der Waals surface area contributed by atoms with Crippen molar-refractivity contribution >= 4 is 23.1 Å². The van der Waals surface area contributed by atoms with E-state index in [9.17, 15) is 4.79 Å². The Balaban J connectivity index is 1.99. The largest absolute Gasteiger partial charge is 0.393 e. The van der Waals surface area contributed by atoms with Crippen LogP contribution in [0.1, 0.15) is 16.8 Å². The predicted octanol–water partition coefficient (Wildman–Crippen LogP) is 1.48. The topological polar surface area (TPSA) is 83.8 Å². The summed E-state index contributed by atoms with van der Waals surface area (Å²) >= 11 is 5.03. The molecule has 0 aliphatic heterocycles. The van der Waals surface area contributed by atoms with Crippen LogP contribution in [0.15, 0.2) is 36.5 Å². The number of hydrogen-bond donors (Lipinski definition) is 3. The van der Waals surface area contributed by atoms with Gasteiger partial charge in [-0.15, -0.1) is 0 Å². The molecule has 110 valence electrons. The van der Waals surface area contributed by atoms with Crippen molar-refractivity contribution in [3.8, 4) is 0 Å². The summed E-state index contributed by atoms with van der Waals surface area (Å²) in [7, 11) is 0. The first-order valence-corrected chi connectivity index (χ1v) is 7.08. The maximum absolute atomic E-state index is 12.3. The van der Waals surface area contributed by atoms with E-state index in [1.165, 1.54) is 0 Å². The van der Waals surface area contributed by atoms with Crippen molar-refractivity contribution in [1.29, 1.82) is 0 Å². The Morgan fingerprint density at radius 2 is 2.14 bits per heavy atom. The number of thiocarbonyl (C=S) groups is 1. The fourth-order valence-electron chi connectivity index (χ4n) is 2.03. The maximum atomic E-state index is 12.3. The zero-order chi connectivity index (χ0) is 15.2. The lowest BCUT2D eigenvalue weighted by atomic mass is 9.98. The first-order chi connectivity index (χ1) is 10.1. The highest BCUT2D eigenvalue weighted by molar-refractivity contribution is 7.80. The Morgan fingerprint density at radius 3 is 2.71 bits per heavy atom. The summed E-state index contributed by atoms with van der Waals surface area (Å²) in [6.45, 7) is 2.32. The Hall–Kier alpha value is -2.21. The summed E-state index contributed by atoms with van der Waals surface area (Å²) in [5.74, 6) is -0.665. The van der Waals surface area contributed by atoms with Gasteiger partial charge in [-0.2, -0.15) is 5.10 Å². The van der Waals surface area contributed by atoms with Crippen molar-refractivity contribution in [3.05, 3.63) is 53.3 Å². The molecule has 1 aromatic carbocycles. The van der Waals surface area contributed by atoms with Gasteiger partial charge in [0.2, 0.25) is 5.91 Å². The Bertz CT molecular complexity index is 624. The van der Waals surface area contributed by atoms with Gasteiger partial charge in [-0.25, -0.2) is 0 Å². The second kappa shape index (κ2) is 6.99. The molecular weight excluding hydrogens is 284 g/mol. The van der Waals surface area contributed by atoms with Crippen LogP contribution in [-0.2, 0) is 17.8 Å². The Kier molecular flexibility index (Phi) is 5.05. The molecule has 1 atom stereocenters. The quantitative estimate of drug-likeness (QED) is 0.706. The molecule has 1 heterocycles. The molecule has 6 heteroatoms. The molecule has 0 spiro atoms. The van der Waals surface area contributed by atoms with Gasteiger partial charge in [0.15, 0.2) is 0 Å². The minimum Gasteiger partial charge on any atom is -0.393 e. The van der Waals surface area contributed by atoms with E-state index in [-0.39, 0.29) is 10.9 Å². The van der Waals surface area contributed by atoms with E-state index >= 15 is 0 Å². The van der Waals surface area contributed by atoms with Crippen molar-refractivity contribution in [1.82, 2.24) is 15.5 Å². The minimum absolute atomic E-state index is 0.160. The first kappa shape index (κ1) is 15.2. The van der Waals surface area contributed by atoms with Gasteiger partial charge in [-0.3, -0.25) is 9.89 Å². The van der Waals surface area contributed by atoms with Gasteiger partial charge in [-0.05, 0) is 18.9 Å². The van der Waals surface area contributed by atoms with Crippen LogP contribution in [0.25, 0.3) is 0 Å². The number of nitrogens with two attached hydrogens (primary N) is 1. The molecule has 2 rings (SSSR count). The standard InChI is InChI=1S/C15H18N4OS/c1-10-12(9-18-19-10)8-17-15(20)13(14(16)21)7-11-5-3-2-4-6-11/h2-6,9,13H,7-8H2,1H3,(H2,16,21)(H,17,20)(H,18,19). The Morgan fingerprint density at radius 1 is 1.43 bits per heavy atom. The monoisotopic (exact) mass is 302 g/mol. The summed E-state index contributed by atoms with van der Waals surface area (Å²) in [6, 6.07) is 9.70. The average molecular weight is 302 g/mol. The number of aryl methyl sites for hydroxylation is 1. The maximum Gasteiger partial charge on any atom is 0.230 e. The fraction of sp³-hybridized carbons (Fsp3) is 0.267. The summed E-state index contributed by atoms with van der Waals surface area (Å²) in [5, 5.41) is 9.61. The Labute approximate surface area is 128 Å². The van der Waals surface area contributed by atoms with Crippen molar-refractivity contribution < 1.29 is 4.79 Å². The van der Waals surface area contributed by atoms with E-state index in [2.05, 4.69) is 15.5 Å². The van der Waals surface area contributed by atoms with Gasteiger partial charge < -0.3 is 11.1 Å². The molecule has 5 nitrogen and oxygen atoms in total. The highest BCUT2D eigenvalue weighted by atomic mass is 32.1. The number of carbonyl (C=O) groups is 1. The normalized spacial score (nSPS) is 11.9. The van der Waals surface area contributed by atoms with Crippen LogP contribution in [0.3, 0.4) is 0 Å². The van der Waals surface area contributed by atoms with Crippen LogP contribution in [0.4, 0.5) is 0 Å². The highest BCUT2D eigenvalue weighted by Crippen LogP contribution is 2.10. The number of hydrogen-bond acceptors (Lipinski definition) is 3. The molecule has 0 aliphatic rings.